The molecule has 5 aromatic carbocycles. The summed E-state index contributed by atoms with van der Waals surface area (Å²) in [6.07, 6.45) is 2.01. The Balaban J connectivity index is 1.55. The van der Waals surface area contributed by atoms with E-state index in [1.807, 2.05) is 115 Å². The van der Waals surface area contributed by atoms with Crippen molar-refractivity contribution in [3.05, 3.63) is 171 Å². The van der Waals surface area contributed by atoms with Crippen LogP contribution in [0.5, 0.6) is 11.5 Å². The monoisotopic (exact) mass is 675 g/mol. The second kappa shape index (κ2) is 12.3. The molecular weight excluding hydrogens is 638 g/mol. The summed E-state index contributed by atoms with van der Waals surface area (Å²) in [5, 5.41) is 9.58. The zero-order valence-corrected chi connectivity index (χ0v) is 29.1. The SMILES string of the molecule is COc1cccc(/C=C2\[C@@]3(C(=O)ON=C3c3ccccc3)[C@@H](c3cccc(OC)c3)N3C(c4c(C)cc(C)cc4C)=NO[C@@]23c2ccccc2)c1. The molecule has 0 bridgehead atoms. The fraction of sp³-hybridized carbons (Fsp3) is 0.186. The molecule has 8 heteroatoms. The van der Waals surface area contributed by atoms with Crippen molar-refractivity contribution in [1.82, 2.24) is 4.90 Å². The molecule has 0 N–H and O–H groups in total. The van der Waals surface area contributed by atoms with E-state index in [4.69, 9.17) is 24.3 Å². The fourth-order valence-electron chi connectivity index (χ4n) is 8.15. The van der Waals surface area contributed by atoms with Gasteiger partial charge < -0.3 is 19.1 Å². The minimum atomic E-state index is -1.53. The Labute approximate surface area is 297 Å². The highest BCUT2D eigenvalue weighted by molar-refractivity contribution is 6.23. The first-order chi connectivity index (χ1) is 24.8. The van der Waals surface area contributed by atoms with Gasteiger partial charge >= 0.3 is 5.97 Å². The summed E-state index contributed by atoms with van der Waals surface area (Å²) in [6, 6.07) is 38.7. The van der Waals surface area contributed by atoms with E-state index in [0.29, 0.717) is 28.6 Å². The van der Waals surface area contributed by atoms with Gasteiger partial charge in [-0.05, 0) is 73.4 Å². The summed E-state index contributed by atoms with van der Waals surface area (Å²) in [5.41, 5.74) is 5.40. The van der Waals surface area contributed by atoms with Crippen molar-refractivity contribution in [3.8, 4) is 11.5 Å². The normalized spacial score (nSPS) is 22.8. The Morgan fingerprint density at radius 1 is 0.745 bits per heavy atom. The van der Waals surface area contributed by atoms with E-state index < -0.39 is 23.2 Å². The minimum Gasteiger partial charge on any atom is -0.497 e. The first kappa shape index (κ1) is 32.1. The van der Waals surface area contributed by atoms with Gasteiger partial charge in [0.1, 0.15) is 17.2 Å². The van der Waals surface area contributed by atoms with Crippen molar-refractivity contribution in [2.75, 3.05) is 14.2 Å². The number of oxime groups is 2. The van der Waals surface area contributed by atoms with Crippen molar-refractivity contribution >= 4 is 23.6 Å². The van der Waals surface area contributed by atoms with Crippen LogP contribution in [0.25, 0.3) is 6.08 Å². The summed E-state index contributed by atoms with van der Waals surface area (Å²) < 4.78 is 11.4. The van der Waals surface area contributed by atoms with Crippen molar-refractivity contribution in [3.63, 3.8) is 0 Å². The molecule has 254 valence electrons. The molecule has 0 aliphatic carbocycles. The number of benzene rings is 5. The van der Waals surface area contributed by atoms with Gasteiger partial charge in [0.05, 0.1) is 20.3 Å². The number of carbonyl (C=O) groups excluding carboxylic acids is 1. The highest BCUT2D eigenvalue weighted by Gasteiger charge is 2.76. The van der Waals surface area contributed by atoms with Crippen LogP contribution in [-0.4, -0.2) is 36.6 Å². The number of nitrogens with zero attached hydrogens (tertiary/aromatic N) is 3. The number of fused-ring (bicyclic) bond motifs is 1. The first-order valence-electron chi connectivity index (χ1n) is 16.9. The molecule has 0 radical (unpaired) electrons. The summed E-state index contributed by atoms with van der Waals surface area (Å²) in [4.78, 5) is 30.1. The molecule has 5 aromatic rings. The fourth-order valence-corrected chi connectivity index (χ4v) is 8.15. The number of hydrogen-bond donors (Lipinski definition) is 0. The third kappa shape index (κ3) is 4.77. The maximum Gasteiger partial charge on any atom is 0.354 e. The summed E-state index contributed by atoms with van der Waals surface area (Å²) in [7, 11) is 3.27. The number of amidine groups is 1. The second-order valence-corrected chi connectivity index (χ2v) is 13.2. The van der Waals surface area contributed by atoms with Crippen LogP contribution in [-0.2, 0) is 20.2 Å². The third-order valence-electron chi connectivity index (χ3n) is 10.1. The van der Waals surface area contributed by atoms with E-state index in [0.717, 1.165) is 44.5 Å². The molecule has 0 unspecified atom stereocenters. The van der Waals surface area contributed by atoms with Gasteiger partial charge in [0, 0.05) is 22.3 Å². The Kier molecular flexibility index (Phi) is 7.75. The molecule has 0 aromatic heterocycles. The second-order valence-electron chi connectivity index (χ2n) is 13.2. The molecule has 1 saturated heterocycles. The van der Waals surface area contributed by atoms with Gasteiger partial charge in [0.25, 0.3) is 5.72 Å². The van der Waals surface area contributed by atoms with Gasteiger partial charge in [-0.3, -0.25) is 4.90 Å². The smallest absolute Gasteiger partial charge is 0.354 e. The van der Waals surface area contributed by atoms with E-state index >= 15 is 4.79 Å². The summed E-state index contributed by atoms with van der Waals surface area (Å²) >= 11 is 0. The third-order valence-corrected chi connectivity index (χ3v) is 10.1. The number of hydrogen-bond acceptors (Lipinski definition) is 8. The lowest BCUT2D eigenvalue weighted by molar-refractivity contribution is -0.147. The lowest BCUT2D eigenvalue weighted by Gasteiger charge is -2.36. The van der Waals surface area contributed by atoms with Crippen LogP contribution in [0.3, 0.4) is 0 Å². The molecule has 3 aliphatic heterocycles. The van der Waals surface area contributed by atoms with Crippen LogP contribution in [0.15, 0.2) is 137 Å². The predicted molar refractivity (Wildman–Crippen MR) is 196 cm³/mol. The van der Waals surface area contributed by atoms with E-state index in [2.05, 4.69) is 43.0 Å². The largest absolute Gasteiger partial charge is 0.497 e. The molecule has 51 heavy (non-hydrogen) atoms. The van der Waals surface area contributed by atoms with Crippen LogP contribution in [0, 0.1) is 26.2 Å². The lowest BCUT2D eigenvalue weighted by atomic mass is 9.66. The van der Waals surface area contributed by atoms with Gasteiger partial charge in [0.2, 0.25) is 0 Å². The molecule has 0 amide bonds. The molecule has 3 atom stereocenters. The Morgan fingerprint density at radius 3 is 2.08 bits per heavy atom. The Hall–Kier alpha value is -6.15. The van der Waals surface area contributed by atoms with Crippen LogP contribution in [0.2, 0.25) is 0 Å². The van der Waals surface area contributed by atoms with E-state index in [1.54, 1.807) is 14.2 Å². The molecule has 3 aliphatic rings. The summed E-state index contributed by atoms with van der Waals surface area (Å²) in [5.74, 6) is 1.40. The van der Waals surface area contributed by atoms with E-state index in [-0.39, 0.29) is 0 Å². The molecule has 1 spiro atoms. The summed E-state index contributed by atoms with van der Waals surface area (Å²) in [6.45, 7) is 6.25. The number of carbonyl (C=O) groups is 1. The quantitative estimate of drug-likeness (QED) is 0.162. The maximum atomic E-state index is 15.1. The van der Waals surface area contributed by atoms with Gasteiger partial charge in [-0.2, -0.15) is 0 Å². The van der Waals surface area contributed by atoms with Crippen molar-refractivity contribution in [1.29, 1.82) is 0 Å². The van der Waals surface area contributed by atoms with Gasteiger partial charge in [0.15, 0.2) is 11.3 Å². The topological polar surface area (TPSA) is 82.0 Å². The number of methoxy groups -OCH3 is 2. The predicted octanol–water partition coefficient (Wildman–Crippen LogP) is 8.26. The van der Waals surface area contributed by atoms with Gasteiger partial charge in [-0.25, -0.2) is 4.79 Å². The maximum absolute atomic E-state index is 15.1. The van der Waals surface area contributed by atoms with Crippen molar-refractivity contribution < 1.29 is 23.9 Å². The molecule has 8 nitrogen and oxygen atoms in total. The highest BCUT2D eigenvalue weighted by Crippen LogP contribution is 2.68. The van der Waals surface area contributed by atoms with Gasteiger partial charge in [-0.15, -0.1) is 0 Å². The number of rotatable bonds is 7. The Morgan fingerprint density at radius 2 is 1.39 bits per heavy atom. The zero-order valence-electron chi connectivity index (χ0n) is 29.1. The molecule has 3 heterocycles. The lowest BCUT2D eigenvalue weighted by Crippen LogP contribution is -2.45. The standard InChI is InChI=1S/C43H37N3O5/c1-27-22-28(2)37(29(3)23-27)40-45-51-43(33-18-10-7-11-19-33)36(25-30-14-12-20-34(24-30)48-4)42(38(44-50-41(42)47)31-15-8-6-9-16-31)39(46(40)43)32-17-13-21-35(26-32)49-5/h6-26,39H,1-5H3/b36-25+/t39-,42+,43+/m1/s1. The average Bonchev–Trinajstić information content (AvgIpc) is 3.78. The Bertz CT molecular complexity index is 2240. The van der Waals surface area contributed by atoms with E-state index in [9.17, 15) is 0 Å². The molecule has 8 rings (SSSR count). The molecular formula is C43H37N3O5. The molecule has 0 saturated carbocycles. The minimum absolute atomic E-state index is 0.472. The van der Waals surface area contributed by atoms with Crippen LogP contribution >= 0.6 is 0 Å². The van der Waals surface area contributed by atoms with Crippen LogP contribution in [0.4, 0.5) is 0 Å². The van der Waals surface area contributed by atoms with Crippen LogP contribution < -0.4 is 9.47 Å². The highest BCUT2D eigenvalue weighted by atomic mass is 16.7. The van der Waals surface area contributed by atoms with E-state index in [1.165, 1.54) is 0 Å². The van der Waals surface area contributed by atoms with Crippen molar-refractivity contribution in [2.24, 2.45) is 15.7 Å². The molecule has 1 fully saturated rings. The average molecular weight is 676 g/mol. The number of ether oxygens (including phenoxy) is 2. The first-order valence-corrected chi connectivity index (χ1v) is 16.9. The van der Waals surface area contributed by atoms with Gasteiger partial charge in [-0.1, -0.05) is 113 Å². The zero-order chi connectivity index (χ0) is 35.3. The van der Waals surface area contributed by atoms with Crippen LogP contribution in [0.1, 0.15) is 50.5 Å². The number of aryl methyl sites for hydroxylation is 3. The van der Waals surface area contributed by atoms with Crippen molar-refractivity contribution in [2.45, 2.75) is 32.5 Å².